The molecule has 0 aromatic rings. The van der Waals surface area contributed by atoms with Crippen molar-refractivity contribution in [2.75, 3.05) is 0 Å². The maximum absolute atomic E-state index is 2.31. The van der Waals surface area contributed by atoms with E-state index >= 15 is 0 Å². The zero-order valence-electron chi connectivity index (χ0n) is 10.7. The molecule has 0 atom stereocenters. The molecule has 0 heterocycles. The van der Waals surface area contributed by atoms with Crippen molar-refractivity contribution >= 4 is 0 Å². The summed E-state index contributed by atoms with van der Waals surface area (Å²) in [4.78, 5) is 0. The molecule has 0 radical (unpaired) electrons. The van der Waals surface area contributed by atoms with Gasteiger partial charge in [-0.25, -0.2) is 0 Å². The van der Waals surface area contributed by atoms with Crippen LogP contribution >= 0.6 is 0 Å². The van der Waals surface area contributed by atoms with E-state index in [0.717, 1.165) is 0 Å². The highest BCUT2D eigenvalue weighted by molar-refractivity contribution is 5.24. The highest BCUT2D eigenvalue weighted by Crippen LogP contribution is 2.23. The van der Waals surface area contributed by atoms with E-state index in [9.17, 15) is 0 Å². The van der Waals surface area contributed by atoms with E-state index < -0.39 is 0 Å². The molecule has 0 nitrogen and oxygen atoms in total. The second-order valence-electron chi connectivity index (χ2n) is 5.15. The van der Waals surface area contributed by atoms with Gasteiger partial charge in [0.1, 0.15) is 0 Å². The molecule has 0 heteroatoms. The van der Waals surface area contributed by atoms with Crippen LogP contribution in [0.4, 0.5) is 0 Å². The van der Waals surface area contributed by atoms with Gasteiger partial charge in [0, 0.05) is 5.41 Å². The Bertz CT molecular complexity index is 264. The van der Waals surface area contributed by atoms with E-state index in [-0.39, 0.29) is 5.41 Å². The minimum atomic E-state index is 0.162. The van der Waals surface area contributed by atoms with Crippen LogP contribution in [0.3, 0.4) is 0 Å². The van der Waals surface area contributed by atoms with Crippen molar-refractivity contribution in [1.29, 1.82) is 0 Å². The van der Waals surface area contributed by atoms with Gasteiger partial charge in [-0.1, -0.05) is 48.8 Å². The fraction of sp³-hybridized carbons (Fsp3) is 0.571. The average Bonchev–Trinajstić information content (AvgIpc) is 1.77. The molecule has 0 aliphatic rings. The number of hydrogen-bond donors (Lipinski definition) is 0. The molecule has 0 aromatic heterocycles. The highest BCUT2D eigenvalue weighted by atomic mass is 14.1. The van der Waals surface area contributed by atoms with Gasteiger partial charge in [-0.3, -0.25) is 0 Å². The highest BCUT2D eigenvalue weighted by Gasteiger charge is 2.09. The lowest BCUT2D eigenvalue weighted by Crippen LogP contribution is -2.04. The van der Waals surface area contributed by atoms with Crippen molar-refractivity contribution in [2.24, 2.45) is 5.41 Å². The summed E-state index contributed by atoms with van der Waals surface area (Å²) < 4.78 is 0. The summed E-state index contributed by atoms with van der Waals surface area (Å²) in [5, 5.41) is 0. The van der Waals surface area contributed by atoms with Crippen LogP contribution in [0.1, 0.15) is 48.5 Å². The van der Waals surface area contributed by atoms with Crippen LogP contribution in [-0.2, 0) is 0 Å². The summed E-state index contributed by atoms with van der Waals surface area (Å²) >= 11 is 0. The smallest absolute Gasteiger partial charge is 0.00126 e. The summed E-state index contributed by atoms with van der Waals surface area (Å²) in [5.41, 5.74) is 4.23. The summed E-state index contributed by atoms with van der Waals surface area (Å²) in [7, 11) is 0. The molecule has 0 saturated carbocycles. The van der Waals surface area contributed by atoms with E-state index in [0.29, 0.717) is 0 Å². The van der Waals surface area contributed by atoms with E-state index in [4.69, 9.17) is 0 Å². The predicted octanol–water partition coefficient (Wildman–Crippen LogP) is 4.89. The van der Waals surface area contributed by atoms with Gasteiger partial charge in [-0.2, -0.15) is 0 Å². The van der Waals surface area contributed by atoms with Crippen molar-refractivity contribution in [2.45, 2.75) is 48.5 Å². The first-order chi connectivity index (χ1) is 6.23. The molecule has 0 amide bonds. The van der Waals surface area contributed by atoms with Gasteiger partial charge in [0.2, 0.25) is 0 Å². The molecule has 0 bridgehead atoms. The van der Waals surface area contributed by atoms with Crippen molar-refractivity contribution in [3.8, 4) is 0 Å². The Balaban J connectivity index is 4.80. The van der Waals surface area contributed by atoms with Gasteiger partial charge in [0.05, 0.1) is 0 Å². The Kier molecular flexibility index (Phi) is 4.90. The maximum atomic E-state index is 2.31. The van der Waals surface area contributed by atoms with E-state index in [2.05, 4.69) is 66.7 Å². The van der Waals surface area contributed by atoms with Crippen molar-refractivity contribution in [1.82, 2.24) is 0 Å². The van der Waals surface area contributed by atoms with Crippen molar-refractivity contribution in [3.05, 3.63) is 34.9 Å². The van der Waals surface area contributed by atoms with Gasteiger partial charge in [0.25, 0.3) is 0 Å². The van der Waals surface area contributed by atoms with Crippen molar-refractivity contribution < 1.29 is 0 Å². The number of rotatable bonds is 3. The Hall–Kier alpha value is -0.780. The molecule has 0 rings (SSSR count). The quantitative estimate of drug-likeness (QED) is 0.441. The van der Waals surface area contributed by atoms with Gasteiger partial charge in [-0.15, -0.1) is 0 Å². The van der Waals surface area contributed by atoms with Crippen LogP contribution in [0.2, 0.25) is 0 Å². The molecule has 0 N–H and O–H groups in total. The average molecular weight is 192 g/mol. The predicted molar refractivity (Wildman–Crippen MR) is 66.4 cm³/mol. The Labute approximate surface area is 89.4 Å². The SMILES string of the molecule is CC(C)=C/C(C)=C/C(C)(C)C=C(C)C. The Morgan fingerprint density at radius 3 is 1.64 bits per heavy atom. The minimum Gasteiger partial charge on any atom is -0.0796 e. The zero-order chi connectivity index (χ0) is 11.4. The van der Waals surface area contributed by atoms with Gasteiger partial charge in [-0.05, 0) is 34.6 Å². The van der Waals surface area contributed by atoms with Crippen LogP contribution < -0.4 is 0 Å². The topological polar surface area (TPSA) is 0 Å². The fourth-order valence-electron chi connectivity index (χ4n) is 1.87. The van der Waals surface area contributed by atoms with Crippen LogP contribution in [-0.4, -0.2) is 0 Å². The first-order valence-corrected chi connectivity index (χ1v) is 5.23. The van der Waals surface area contributed by atoms with Crippen LogP contribution in [0.25, 0.3) is 0 Å². The van der Waals surface area contributed by atoms with E-state index in [1.165, 1.54) is 16.7 Å². The minimum absolute atomic E-state index is 0.162. The molecular formula is C14H24. The lowest BCUT2D eigenvalue weighted by Gasteiger charge is -2.17. The summed E-state index contributed by atoms with van der Waals surface area (Å²) in [6.45, 7) is 15.2. The zero-order valence-corrected chi connectivity index (χ0v) is 10.7. The second-order valence-corrected chi connectivity index (χ2v) is 5.15. The normalized spacial score (nSPS) is 12.4. The van der Waals surface area contributed by atoms with Gasteiger partial charge < -0.3 is 0 Å². The molecule has 14 heavy (non-hydrogen) atoms. The fourth-order valence-corrected chi connectivity index (χ4v) is 1.87. The molecular weight excluding hydrogens is 168 g/mol. The number of allylic oxidation sites excluding steroid dienone is 6. The molecule has 0 aliphatic carbocycles. The Morgan fingerprint density at radius 1 is 0.786 bits per heavy atom. The third-order valence-corrected chi connectivity index (χ3v) is 1.78. The van der Waals surface area contributed by atoms with E-state index in [1.807, 2.05) is 0 Å². The molecule has 0 saturated heterocycles. The summed E-state index contributed by atoms with van der Waals surface area (Å²) in [5.74, 6) is 0. The molecule has 0 spiro atoms. The third-order valence-electron chi connectivity index (χ3n) is 1.78. The maximum Gasteiger partial charge on any atom is 0.00126 e. The lowest BCUT2D eigenvalue weighted by atomic mass is 9.88. The summed E-state index contributed by atoms with van der Waals surface area (Å²) in [6.07, 6.45) is 6.84. The number of hydrogen-bond acceptors (Lipinski definition) is 0. The molecule has 0 aromatic carbocycles. The van der Waals surface area contributed by atoms with Crippen LogP contribution in [0.15, 0.2) is 34.9 Å². The van der Waals surface area contributed by atoms with Crippen LogP contribution in [0, 0.1) is 5.41 Å². The summed E-state index contributed by atoms with van der Waals surface area (Å²) in [6, 6.07) is 0. The molecule has 80 valence electrons. The van der Waals surface area contributed by atoms with Crippen molar-refractivity contribution in [3.63, 3.8) is 0 Å². The second kappa shape index (κ2) is 5.19. The monoisotopic (exact) mass is 192 g/mol. The lowest BCUT2D eigenvalue weighted by molar-refractivity contribution is 0.616. The molecule has 0 fully saturated rings. The van der Waals surface area contributed by atoms with Crippen LogP contribution in [0.5, 0.6) is 0 Å². The first-order valence-electron chi connectivity index (χ1n) is 5.23. The third kappa shape index (κ3) is 6.71. The van der Waals surface area contributed by atoms with E-state index in [1.54, 1.807) is 0 Å². The standard InChI is InChI=1S/C14H24/c1-11(2)8-13(5)10-14(6,7)9-12(3)4/h8-10H,1-7H3/b13-10+. The Morgan fingerprint density at radius 2 is 1.29 bits per heavy atom. The van der Waals surface area contributed by atoms with Gasteiger partial charge in [0.15, 0.2) is 0 Å². The van der Waals surface area contributed by atoms with Gasteiger partial charge >= 0.3 is 0 Å². The largest absolute Gasteiger partial charge is 0.0796 e. The molecule has 0 aliphatic heterocycles. The molecule has 0 unspecified atom stereocenters. The first kappa shape index (κ1) is 13.2.